The monoisotopic (exact) mass is 569 g/mol. The van der Waals surface area contributed by atoms with Crippen LogP contribution in [-0.2, 0) is 28.7 Å². The molecule has 4 N–H and O–H groups in total. The van der Waals surface area contributed by atoms with Crippen LogP contribution in [0.4, 0.5) is 5.82 Å². The van der Waals surface area contributed by atoms with Crippen LogP contribution in [-0.4, -0.2) is 49.2 Å². The maximum atomic E-state index is 11.3. The summed E-state index contributed by atoms with van der Waals surface area (Å²) < 4.78 is 23.9. The van der Waals surface area contributed by atoms with E-state index in [9.17, 15) is 14.4 Å². The van der Waals surface area contributed by atoms with Gasteiger partial charge in [0.1, 0.15) is 17.1 Å². The van der Waals surface area contributed by atoms with Gasteiger partial charge in [0.15, 0.2) is 5.82 Å². The predicted molar refractivity (Wildman–Crippen MR) is 155 cm³/mol. The van der Waals surface area contributed by atoms with Gasteiger partial charge in [0.25, 0.3) is 0 Å². The predicted octanol–water partition coefficient (Wildman–Crippen LogP) is 5.00. The van der Waals surface area contributed by atoms with Crippen LogP contribution in [0.2, 0.25) is 0 Å². The Morgan fingerprint density at radius 3 is 2.64 bits per heavy atom. The number of hydrogen-bond donors (Lipinski definition) is 3. The molecule has 206 valence electrons. The number of hydrogen-bond acceptors (Lipinski definition) is 8. The summed E-state index contributed by atoms with van der Waals surface area (Å²) in [5, 5.41) is 3.28. The van der Waals surface area contributed by atoms with Gasteiger partial charge in [0.05, 0.1) is 36.0 Å². The molecule has 12 heteroatoms. The molecule has 4 rings (SSSR count). The topological polar surface area (TPSA) is 145 Å². The molecule has 0 aliphatic carbocycles. The van der Waals surface area contributed by atoms with E-state index in [1.165, 1.54) is 0 Å². The van der Waals surface area contributed by atoms with Crippen LogP contribution in [0.5, 0.6) is 5.75 Å². The molecule has 39 heavy (non-hydrogen) atoms. The average Bonchev–Trinajstić information content (AvgIpc) is 3.24. The van der Waals surface area contributed by atoms with E-state index in [2.05, 4.69) is 51.0 Å². The smallest absolute Gasteiger partial charge is 0.404 e. The number of aromatic nitrogens is 3. The fraction of sp³-hybridized carbons (Fsp3) is 0.370. The van der Waals surface area contributed by atoms with Crippen LogP contribution in [0.1, 0.15) is 42.3 Å². The molecule has 10 nitrogen and oxygen atoms in total. The highest BCUT2D eigenvalue weighted by Crippen LogP contribution is 2.39. The second-order valence-corrected chi connectivity index (χ2v) is 10.6. The van der Waals surface area contributed by atoms with Gasteiger partial charge < -0.3 is 19.6 Å². The quantitative estimate of drug-likeness (QED) is 0.0876. The van der Waals surface area contributed by atoms with Gasteiger partial charge in [0.2, 0.25) is 0 Å². The molecular weight excluding hydrogens is 537 g/mol. The number of benzene rings is 2. The highest BCUT2D eigenvalue weighted by Gasteiger charge is 2.20. The number of pyridine rings is 1. The third kappa shape index (κ3) is 7.28. The zero-order chi connectivity index (χ0) is 28.0. The number of rotatable bonds is 13. The number of thiocarbonyl (C=S) groups is 1. The summed E-state index contributed by atoms with van der Waals surface area (Å²) in [6.07, 6.45) is 3.50. The average molecular weight is 570 g/mol. The van der Waals surface area contributed by atoms with E-state index in [4.69, 9.17) is 20.0 Å². The Hall–Kier alpha value is -3.17. The minimum atomic E-state index is -4.64. The number of fused-ring (bicyclic) bond motifs is 3. The summed E-state index contributed by atoms with van der Waals surface area (Å²) >= 11 is 4.56. The third-order valence-corrected chi connectivity index (χ3v) is 6.91. The number of aliphatic imine (C=N–C) groups is 1. The minimum absolute atomic E-state index is 0.149. The lowest BCUT2D eigenvalue weighted by Crippen LogP contribution is -2.07. The van der Waals surface area contributed by atoms with E-state index in [1.54, 1.807) is 19.1 Å². The molecular formula is C27H32N5O5PS. The Balaban J connectivity index is 1.70. The Kier molecular flexibility index (Phi) is 9.45. The van der Waals surface area contributed by atoms with Gasteiger partial charge in [-0.1, -0.05) is 37.6 Å². The standard InChI is InChI=1S/C27H32N5O5PS/c1-3-4-5-24-31-25-26(32(24)16-20-7-9-23(18(2)14-20)37-38(33,34)35)21-8-6-19(15-22(21)30-27(25)28)10-12-36-13-11-29-17-39/h6-9,14-15H,3-5,10-13,16H2,1-2H3,(H2,28,30)(H2,33,34,35). The number of anilines is 1. The summed E-state index contributed by atoms with van der Waals surface area (Å²) in [6.45, 7) is 5.94. The first-order valence-corrected chi connectivity index (χ1v) is 14.7. The number of phosphoric acid groups is 1. The number of nitrogens with two attached hydrogens (primary N) is 1. The molecule has 0 spiro atoms. The third-order valence-electron chi connectivity index (χ3n) is 6.35. The summed E-state index contributed by atoms with van der Waals surface area (Å²) in [6, 6.07) is 11.4. The van der Waals surface area contributed by atoms with Gasteiger partial charge in [-0.25, -0.2) is 19.5 Å². The van der Waals surface area contributed by atoms with Crippen molar-refractivity contribution in [2.24, 2.45) is 4.99 Å². The molecule has 0 aliphatic rings. The lowest BCUT2D eigenvalue weighted by Gasteiger charge is -2.14. The largest absolute Gasteiger partial charge is 0.524 e. The van der Waals surface area contributed by atoms with Gasteiger partial charge in [0, 0.05) is 18.4 Å². The first-order chi connectivity index (χ1) is 18.7. The number of phosphoric ester groups is 1. The first kappa shape index (κ1) is 28.8. The molecule has 0 bridgehead atoms. The van der Waals surface area contributed by atoms with Gasteiger partial charge in [-0.15, -0.1) is 0 Å². The summed E-state index contributed by atoms with van der Waals surface area (Å²) in [5.74, 6) is 1.44. The molecule has 2 aromatic heterocycles. The Bertz CT molecular complexity index is 1580. The van der Waals surface area contributed by atoms with Crippen LogP contribution in [0.3, 0.4) is 0 Å². The van der Waals surface area contributed by atoms with Crippen molar-refractivity contribution in [2.45, 2.75) is 46.1 Å². The second kappa shape index (κ2) is 12.8. The van der Waals surface area contributed by atoms with Crippen molar-refractivity contribution in [3.63, 3.8) is 0 Å². The van der Waals surface area contributed by atoms with Crippen LogP contribution >= 0.6 is 20.0 Å². The Labute approximate surface area is 232 Å². The minimum Gasteiger partial charge on any atom is -0.404 e. The number of unbranched alkanes of at least 4 members (excludes halogenated alkanes) is 1. The Morgan fingerprint density at radius 2 is 1.92 bits per heavy atom. The molecule has 2 heterocycles. The summed E-state index contributed by atoms with van der Waals surface area (Å²) in [7, 11) is -4.64. The van der Waals surface area contributed by atoms with E-state index in [1.807, 2.05) is 12.1 Å². The molecule has 0 radical (unpaired) electrons. The SMILES string of the molecule is CCCCc1nc2c(N)nc3cc(CCOCCN=C=S)ccc3c2n1Cc1ccc(OP(=O)(O)O)c(C)c1. The molecule has 0 fully saturated rings. The van der Waals surface area contributed by atoms with E-state index >= 15 is 0 Å². The molecule has 0 unspecified atom stereocenters. The van der Waals surface area contributed by atoms with E-state index in [0.717, 1.165) is 59.1 Å². The van der Waals surface area contributed by atoms with Crippen LogP contribution < -0.4 is 10.3 Å². The molecule has 2 aromatic carbocycles. The molecule has 0 saturated carbocycles. The highest BCUT2D eigenvalue weighted by atomic mass is 32.1. The fourth-order valence-corrected chi connectivity index (χ4v) is 5.08. The van der Waals surface area contributed by atoms with Crippen molar-refractivity contribution in [2.75, 3.05) is 25.5 Å². The highest BCUT2D eigenvalue weighted by molar-refractivity contribution is 7.78. The maximum Gasteiger partial charge on any atom is 0.524 e. The second-order valence-electron chi connectivity index (χ2n) is 9.28. The number of aryl methyl sites for hydroxylation is 2. The number of ether oxygens (including phenoxy) is 1. The normalized spacial score (nSPS) is 11.7. The van der Waals surface area contributed by atoms with Crippen molar-refractivity contribution in [1.82, 2.24) is 14.5 Å². The lowest BCUT2D eigenvalue weighted by atomic mass is 10.1. The lowest BCUT2D eigenvalue weighted by molar-refractivity contribution is 0.145. The van der Waals surface area contributed by atoms with Crippen LogP contribution in [0.15, 0.2) is 41.4 Å². The number of nitrogen functional groups attached to an aromatic ring is 1. The summed E-state index contributed by atoms with van der Waals surface area (Å²) in [4.78, 5) is 31.8. The maximum absolute atomic E-state index is 11.3. The van der Waals surface area contributed by atoms with Gasteiger partial charge in [-0.05, 0) is 60.8 Å². The van der Waals surface area contributed by atoms with Gasteiger partial charge >= 0.3 is 7.82 Å². The molecule has 0 amide bonds. The summed E-state index contributed by atoms with van der Waals surface area (Å²) in [5.41, 5.74) is 11.4. The van der Waals surface area contributed by atoms with Crippen molar-refractivity contribution in [3.8, 4) is 5.75 Å². The number of isothiocyanates is 1. The first-order valence-electron chi connectivity index (χ1n) is 12.7. The van der Waals surface area contributed by atoms with Crippen molar-refractivity contribution < 1.29 is 23.6 Å². The zero-order valence-corrected chi connectivity index (χ0v) is 23.7. The van der Waals surface area contributed by atoms with Gasteiger partial charge in [-0.3, -0.25) is 9.79 Å². The van der Waals surface area contributed by atoms with Crippen molar-refractivity contribution in [1.29, 1.82) is 0 Å². The molecule has 4 aromatic rings. The van der Waals surface area contributed by atoms with E-state index < -0.39 is 7.82 Å². The number of imidazole rings is 1. The molecule has 0 atom stereocenters. The van der Waals surface area contributed by atoms with E-state index in [0.29, 0.717) is 43.2 Å². The molecule has 0 aliphatic heterocycles. The van der Waals surface area contributed by atoms with Gasteiger partial charge in [-0.2, -0.15) is 0 Å². The van der Waals surface area contributed by atoms with Crippen LogP contribution in [0.25, 0.3) is 21.9 Å². The van der Waals surface area contributed by atoms with Crippen molar-refractivity contribution in [3.05, 3.63) is 58.9 Å². The van der Waals surface area contributed by atoms with Crippen LogP contribution in [0, 0.1) is 6.92 Å². The number of nitrogens with zero attached hydrogens (tertiary/aromatic N) is 4. The molecule has 0 saturated heterocycles. The van der Waals surface area contributed by atoms with Crippen molar-refractivity contribution >= 4 is 53.0 Å². The van der Waals surface area contributed by atoms with E-state index in [-0.39, 0.29) is 5.75 Å². The Morgan fingerprint density at radius 1 is 1.13 bits per heavy atom. The fourth-order valence-electron chi connectivity index (χ4n) is 4.53. The zero-order valence-electron chi connectivity index (χ0n) is 22.0.